The number of hydrogen-bond acceptors (Lipinski definition) is 3. The van der Waals surface area contributed by atoms with E-state index in [4.69, 9.17) is 16.3 Å². The largest absolute Gasteiger partial charge is 0.495 e. The predicted octanol–water partition coefficient (Wildman–Crippen LogP) is 3.31. The molecule has 1 amide bonds. The molecule has 1 heterocycles. The van der Waals surface area contributed by atoms with Gasteiger partial charge in [0.15, 0.2) is 0 Å². The second kappa shape index (κ2) is 7.31. The quantitative estimate of drug-likeness (QED) is 0.889. The third kappa shape index (κ3) is 4.25. The van der Waals surface area contributed by atoms with Crippen LogP contribution in [-0.2, 0) is 17.6 Å². The van der Waals surface area contributed by atoms with Crippen molar-refractivity contribution in [3.8, 4) is 5.75 Å². The smallest absolute Gasteiger partial charge is 0.224 e. The third-order valence-corrected chi connectivity index (χ3v) is 4.09. The lowest BCUT2D eigenvalue weighted by Gasteiger charge is -2.07. The number of carbonyl (C=O) groups is 1. The molecule has 0 fully saturated rings. The first-order chi connectivity index (χ1) is 9.69. The molecular formula is C15H16ClNO2S. The number of hydrogen-bond donors (Lipinski definition) is 1. The number of rotatable bonds is 6. The summed E-state index contributed by atoms with van der Waals surface area (Å²) in [7, 11) is 1.57. The number of amides is 1. The summed E-state index contributed by atoms with van der Waals surface area (Å²) in [6.45, 7) is 0.656. The van der Waals surface area contributed by atoms with Gasteiger partial charge in [-0.1, -0.05) is 23.7 Å². The molecule has 1 aromatic carbocycles. The molecule has 20 heavy (non-hydrogen) atoms. The van der Waals surface area contributed by atoms with Gasteiger partial charge in [0.2, 0.25) is 5.91 Å². The molecule has 0 aliphatic rings. The summed E-state index contributed by atoms with van der Waals surface area (Å²) < 4.78 is 5.08. The fraction of sp³-hybridized carbons (Fsp3) is 0.267. The number of benzene rings is 1. The van der Waals surface area contributed by atoms with Crippen molar-refractivity contribution in [2.45, 2.75) is 12.8 Å². The number of thiophene rings is 1. The lowest BCUT2D eigenvalue weighted by atomic mass is 10.1. The van der Waals surface area contributed by atoms with Gasteiger partial charge in [-0.15, -0.1) is 11.3 Å². The molecule has 0 aliphatic carbocycles. The first-order valence-corrected chi connectivity index (χ1v) is 7.56. The first-order valence-electron chi connectivity index (χ1n) is 6.30. The predicted molar refractivity (Wildman–Crippen MR) is 82.7 cm³/mol. The van der Waals surface area contributed by atoms with Gasteiger partial charge >= 0.3 is 0 Å². The molecule has 0 spiro atoms. The van der Waals surface area contributed by atoms with Gasteiger partial charge in [-0.3, -0.25) is 4.79 Å². The zero-order valence-electron chi connectivity index (χ0n) is 11.2. The maximum atomic E-state index is 11.8. The second-order valence-electron chi connectivity index (χ2n) is 4.32. The number of nitrogens with one attached hydrogen (secondary N) is 1. The maximum absolute atomic E-state index is 11.8. The maximum Gasteiger partial charge on any atom is 0.224 e. The van der Waals surface area contributed by atoms with Crippen LogP contribution >= 0.6 is 22.9 Å². The van der Waals surface area contributed by atoms with Crippen LogP contribution in [0.4, 0.5) is 0 Å². The molecule has 2 aromatic rings. The second-order valence-corrected chi connectivity index (χ2v) is 5.76. The zero-order chi connectivity index (χ0) is 14.4. The standard InChI is InChI=1S/C15H16ClNO2S/c1-19-14-5-4-11(9-13(14)16)10-15(18)17-7-6-12-3-2-8-20-12/h2-5,8-9H,6-7,10H2,1H3,(H,17,18). The number of methoxy groups -OCH3 is 1. The monoisotopic (exact) mass is 309 g/mol. The minimum Gasteiger partial charge on any atom is -0.495 e. The Labute approximate surface area is 127 Å². The summed E-state index contributed by atoms with van der Waals surface area (Å²) in [6.07, 6.45) is 1.20. The van der Waals surface area contributed by atoms with Crippen molar-refractivity contribution in [2.75, 3.05) is 13.7 Å². The normalized spacial score (nSPS) is 10.3. The van der Waals surface area contributed by atoms with Gasteiger partial charge in [0.1, 0.15) is 5.75 Å². The molecule has 3 nitrogen and oxygen atoms in total. The van der Waals surface area contributed by atoms with Crippen molar-refractivity contribution in [3.05, 3.63) is 51.2 Å². The van der Waals surface area contributed by atoms with Crippen molar-refractivity contribution >= 4 is 28.8 Å². The summed E-state index contributed by atoms with van der Waals surface area (Å²) in [4.78, 5) is 13.1. The highest BCUT2D eigenvalue weighted by molar-refractivity contribution is 7.09. The Morgan fingerprint density at radius 3 is 2.90 bits per heavy atom. The van der Waals surface area contributed by atoms with Crippen molar-refractivity contribution in [1.29, 1.82) is 0 Å². The van der Waals surface area contributed by atoms with Crippen LogP contribution in [0.2, 0.25) is 5.02 Å². The summed E-state index contributed by atoms with van der Waals surface area (Å²) >= 11 is 7.73. The lowest BCUT2D eigenvalue weighted by molar-refractivity contribution is -0.120. The molecule has 0 aliphatic heterocycles. The molecule has 0 saturated carbocycles. The van der Waals surface area contributed by atoms with Crippen molar-refractivity contribution in [2.24, 2.45) is 0 Å². The fourth-order valence-corrected chi connectivity index (χ4v) is 2.84. The average molecular weight is 310 g/mol. The van der Waals surface area contributed by atoms with Crippen LogP contribution in [0.25, 0.3) is 0 Å². The van der Waals surface area contributed by atoms with Gasteiger partial charge in [0.05, 0.1) is 18.6 Å². The molecular weight excluding hydrogens is 294 g/mol. The van der Waals surface area contributed by atoms with Gasteiger partial charge < -0.3 is 10.1 Å². The Balaban J connectivity index is 1.80. The topological polar surface area (TPSA) is 38.3 Å². The van der Waals surface area contributed by atoms with Gasteiger partial charge in [-0.2, -0.15) is 0 Å². The molecule has 0 unspecified atom stereocenters. The Bertz CT molecular complexity index is 569. The van der Waals surface area contributed by atoms with Gasteiger partial charge in [0, 0.05) is 11.4 Å². The lowest BCUT2D eigenvalue weighted by Crippen LogP contribution is -2.27. The van der Waals surface area contributed by atoms with Crippen LogP contribution in [-0.4, -0.2) is 19.6 Å². The van der Waals surface area contributed by atoms with E-state index in [1.54, 1.807) is 30.6 Å². The molecule has 106 valence electrons. The van der Waals surface area contributed by atoms with Gasteiger partial charge in [0.25, 0.3) is 0 Å². The van der Waals surface area contributed by atoms with Crippen LogP contribution in [0.1, 0.15) is 10.4 Å². The number of halogens is 1. The van der Waals surface area contributed by atoms with Crippen LogP contribution < -0.4 is 10.1 Å². The average Bonchev–Trinajstić information content (AvgIpc) is 2.92. The molecule has 2 rings (SSSR count). The van der Waals surface area contributed by atoms with E-state index in [1.165, 1.54) is 4.88 Å². The Morgan fingerprint density at radius 1 is 1.40 bits per heavy atom. The summed E-state index contributed by atoms with van der Waals surface area (Å²) in [5.74, 6) is 0.622. The van der Waals surface area contributed by atoms with Gasteiger partial charge in [-0.25, -0.2) is 0 Å². The van der Waals surface area contributed by atoms with E-state index in [0.717, 1.165) is 12.0 Å². The van der Waals surface area contributed by atoms with E-state index in [1.807, 2.05) is 17.5 Å². The van der Waals surface area contributed by atoms with Crippen molar-refractivity contribution < 1.29 is 9.53 Å². The van der Waals surface area contributed by atoms with Crippen LogP contribution in [0.5, 0.6) is 5.75 Å². The highest BCUT2D eigenvalue weighted by Crippen LogP contribution is 2.25. The van der Waals surface area contributed by atoms with Crippen molar-refractivity contribution in [3.63, 3.8) is 0 Å². The molecule has 1 N–H and O–H groups in total. The van der Waals surface area contributed by atoms with Crippen molar-refractivity contribution in [1.82, 2.24) is 5.32 Å². The van der Waals surface area contributed by atoms with E-state index >= 15 is 0 Å². The first kappa shape index (κ1) is 14.9. The Hall–Kier alpha value is -1.52. The Kier molecular flexibility index (Phi) is 5.44. The summed E-state index contributed by atoms with van der Waals surface area (Å²) in [5, 5.41) is 5.47. The minimum absolute atomic E-state index is 0.00258. The zero-order valence-corrected chi connectivity index (χ0v) is 12.8. The third-order valence-electron chi connectivity index (χ3n) is 2.85. The van der Waals surface area contributed by atoms with Crippen LogP contribution in [0.15, 0.2) is 35.7 Å². The molecule has 1 aromatic heterocycles. The number of carbonyl (C=O) groups excluding carboxylic acids is 1. The van der Waals surface area contributed by atoms with E-state index < -0.39 is 0 Å². The SMILES string of the molecule is COc1ccc(CC(=O)NCCc2cccs2)cc1Cl. The van der Waals surface area contributed by atoms with E-state index in [9.17, 15) is 4.79 Å². The highest BCUT2D eigenvalue weighted by Gasteiger charge is 2.06. The molecule has 0 radical (unpaired) electrons. The van der Waals surface area contributed by atoms with Crippen LogP contribution in [0.3, 0.4) is 0 Å². The van der Waals surface area contributed by atoms with Gasteiger partial charge in [-0.05, 0) is 35.6 Å². The van der Waals surface area contributed by atoms with Crippen LogP contribution in [0, 0.1) is 0 Å². The summed E-state index contributed by atoms with van der Waals surface area (Å²) in [6, 6.07) is 9.47. The fourth-order valence-electron chi connectivity index (χ4n) is 1.85. The van der Waals surface area contributed by atoms with E-state index in [0.29, 0.717) is 23.7 Å². The Morgan fingerprint density at radius 2 is 2.25 bits per heavy atom. The van der Waals surface area contributed by atoms with E-state index in [-0.39, 0.29) is 5.91 Å². The highest BCUT2D eigenvalue weighted by atomic mass is 35.5. The molecule has 0 atom stereocenters. The number of ether oxygens (including phenoxy) is 1. The minimum atomic E-state index is 0.00258. The molecule has 5 heteroatoms. The summed E-state index contributed by atoms with van der Waals surface area (Å²) in [5.41, 5.74) is 0.879. The van der Waals surface area contributed by atoms with E-state index in [2.05, 4.69) is 11.4 Å². The molecule has 0 saturated heterocycles. The molecule has 0 bridgehead atoms.